The number of aromatic nitrogens is 4. The maximum atomic E-state index is 2.55. The summed E-state index contributed by atoms with van der Waals surface area (Å²) in [5, 5.41) is 0. The normalized spacial score (nSPS) is 15.0. The molecular formula is C93H140Ge4N4+4. The number of pyridine rings is 4. The average Bonchev–Trinajstić information content (AvgIpc) is 1.20. The Bertz CT molecular complexity index is 4100. The molecular weight excluding hydrogens is 1460 g/mol. The quantitative estimate of drug-likeness (QED) is 0.0638. The molecule has 0 N–H and O–H groups in total. The van der Waals surface area contributed by atoms with Gasteiger partial charge >= 0.3 is 635 Å². The van der Waals surface area contributed by atoms with E-state index < -0.39 is 53.1 Å². The zero-order chi connectivity index (χ0) is 74.3. The third kappa shape index (κ3) is 22.4. The van der Waals surface area contributed by atoms with Gasteiger partial charge in [0.25, 0.3) is 0 Å². The van der Waals surface area contributed by atoms with Gasteiger partial charge < -0.3 is 0 Å². The second kappa shape index (κ2) is 34.9. The Morgan fingerprint density at radius 3 is 1.10 bits per heavy atom. The first-order valence-corrected chi connectivity index (χ1v) is 69.0. The van der Waals surface area contributed by atoms with Gasteiger partial charge in [0.2, 0.25) is 0 Å². The van der Waals surface area contributed by atoms with Crippen LogP contribution in [-0.2, 0) is 59.3 Å². The van der Waals surface area contributed by atoms with Crippen LogP contribution >= 0.6 is 0 Å². The molecule has 0 bridgehead atoms. The van der Waals surface area contributed by atoms with E-state index in [-0.39, 0.29) is 5.41 Å². The van der Waals surface area contributed by atoms with Gasteiger partial charge in [-0.25, -0.2) is 0 Å². The summed E-state index contributed by atoms with van der Waals surface area (Å²) in [6, 6.07) is 42.2. The molecule has 0 aliphatic heterocycles. The second-order valence-electron chi connectivity index (χ2n) is 37.7. The van der Waals surface area contributed by atoms with E-state index >= 15 is 0 Å². The van der Waals surface area contributed by atoms with Crippen LogP contribution in [-0.4, -0.2) is 53.1 Å². The molecule has 0 saturated heterocycles. The fourth-order valence-corrected chi connectivity index (χ4v) is 29.7. The van der Waals surface area contributed by atoms with Gasteiger partial charge in [0, 0.05) is 0 Å². The third-order valence-electron chi connectivity index (χ3n) is 22.7. The molecule has 8 heteroatoms. The van der Waals surface area contributed by atoms with E-state index in [4.69, 9.17) is 0 Å². The number of rotatable bonds is 17. The van der Waals surface area contributed by atoms with E-state index in [2.05, 4.69) is 326 Å². The molecule has 0 spiro atoms. The summed E-state index contributed by atoms with van der Waals surface area (Å²) in [5.41, 5.74) is 26.0. The van der Waals surface area contributed by atoms with Crippen LogP contribution in [0.4, 0.5) is 0 Å². The first kappa shape index (κ1) is 82.3. The van der Waals surface area contributed by atoms with Crippen molar-refractivity contribution < 1.29 is 18.3 Å². The van der Waals surface area contributed by atoms with Crippen molar-refractivity contribution in [1.82, 2.24) is 0 Å². The van der Waals surface area contributed by atoms with Crippen molar-refractivity contribution >= 4 is 70.6 Å². The van der Waals surface area contributed by atoms with Crippen molar-refractivity contribution in [2.75, 3.05) is 0 Å². The Balaban J connectivity index is 0.000000173. The number of nitrogens with zero attached hydrogens (tertiary/aromatic N) is 4. The number of benzene rings is 4. The molecule has 4 aromatic carbocycles. The summed E-state index contributed by atoms with van der Waals surface area (Å²) < 4.78 is 16.1. The minimum absolute atomic E-state index is 0.197. The van der Waals surface area contributed by atoms with Gasteiger partial charge in [-0.1, -0.05) is 0 Å². The average molecular weight is 1600 g/mol. The van der Waals surface area contributed by atoms with Gasteiger partial charge in [0.1, 0.15) is 0 Å². The van der Waals surface area contributed by atoms with Crippen LogP contribution in [0.2, 0.25) is 69.1 Å². The second-order valence-corrected chi connectivity index (χ2v) is 80.0. The molecule has 4 aromatic heterocycles. The van der Waals surface area contributed by atoms with Gasteiger partial charge in [0.15, 0.2) is 0 Å². The molecule has 4 heterocycles. The molecule has 3 saturated carbocycles. The van der Waals surface area contributed by atoms with E-state index in [0.717, 1.165) is 24.2 Å². The first-order valence-electron chi connectivity index (χ1n) is 39.6. The summed E-state index contributed by atoms with van der Waals surface area (Å²) in [6.45, 7) is 25.1. The van der Waals surface area contributed by atoms with Crippen LogP contribution in [0.3, 0.4) is 0 Å². The van der Waals surface area contributed by atoms with Crippen molar-refractivity contribution in [3.63, 3.8) is 0 Å². The fraction of sp³-hybridized carbons (Fsp3) is 0.527. The summed E-state index contributed by atoms with van der Waals surface area (Å²) in [5.74, 6) is 34.2. The van der Waals surface area contributed by atoms with Crippen molar-refractivity contribution in [1.29, 1.82) is 0 Å². The predicted octanol–water partition coefficient (Wildman–Crippen LogP) is 20.9. The summed E-state index contributed by atoms with van der Waals surface area (Å²) in [4.78, 5) is 0. The van der Waals surface area contributed by atoms with Crippen molar-refractivity contribution in [3.8, 4) is 45.0 Å². The van der Waals surface area contributed by atoms with Crippen LogP contribution in [0.5, 0.6) is 0 Å². The molecule has 3 aliphatic carbocycles. The molecule has 8 aromatic rings. The summed E-state index contributed by atoms with van der Waals surface area (Å²) in [6.07, 6.45) is 31.8. The molecule has 3 fully saturated rings. The van der Waals surface area contributed by atoms with Crippen molar-refractivity contribution in [3.05, 3.63) is 190 Å². The number of aryl methyl sites for hydroxylation is 8. The SMILES string of the molecule is Cc1cc(C(C)(C)C)ccc1-c1cc(CC2CCCC2)[c]([Ge]([CH3])([CH3])[CH3])c[n+]1C.Cc1cc(C(C)C)ccc1-c1cc(CC2CCCC2)[c]([Ge]([CH3])([CH3])[CH3])c[n+]1C.Cc1cc(CC(C)C)ccc1-c1cc(CC2CCCC2)[c]([Ge]([CH3])([CH3])[CH3])c[n+]1C.Cc1ccccc1-c1c[c]([Ge]([CH3])([CH3])[CH3])cc[n+]1C. The predicted molar refractivity (Wildman–Crippen MR) is 451 cm³/mol. The minimum atomic E-state index is -1.92. The Labute approximate surface area is 629 Å². The van der Waals surface area contributed by atoms with Crippen molar-refractivity contribution in [2.24, 2.45) is 51.9 Å². The number of hydrogen-bond donors (Lipinski definition) is 0. The maximum absolute atomic E-state index is 2.55. The molecule has 0 amide bonds. The molecule has 3 aliphatic rings. The Hall–Kier alpha value is -4.35. The number of hydrogen-bond acceptors (Lipinski definition) is 0. The zero-order valence-electron chi connectivity index (χ0n) is 69.2. The van der Waals surface area contributed by atoms with Gasteiger partial charge in [-0.3, -0.25) is 0 Å². The molecule has 11 rings (SSSR count). The molecule has 0 radical (unpaired) electrons. The summed E-state index contributed by atoms with van der Waals surface area (Å²) in [7, 11) is 8.85. The molecule has 101 heavy (non-hydrogen) atoms. The van der Waals surface area contributed by atoms with E-state index in [0.29, 0.717) is 11.8 Å². The third-order valence-corrected chi connectivity index (χ3v) is 40.0. The van der Waals surface area contributed by atoms with E-state index in [9.17, 15) is 0 Å². The van der Waals surface area contributed by atoms with E-state index in [1.54, 1.807) is 34.3 Å². The van der Waals surface area contributed by atoms with Gasteiger partial charge in [-0.2, -0.15) is 0 Å². The van der Waals surface area contributed by atoms with Crippen LogP contribution < -0.4 is 35.9 Å². The van der Waals surface area contributed by atoms with Gasteiger partial charge in [-0.15, -0.1) is 0 Å². The van der Waals surface area contributed by atoms with Crippen molar-refractivity contribution in [2.45, 2.75) is 259 Å². The van der Waals surface area contributed by atoms with Crippen LogP contribution in [0.25, 0.3) is 45.0 Å². The molecule has 0 atom stereocenters. The van der Waals surface area contributed by atoms with Crippen LogP contribution in [0.1, 0.15) is 187 Å². The fourth-order valence-electron chi connectivity index (χ4n) is 16.5. The summed E-state index contributed by atoms with van der Waals surface area (Å²) >= 11 is -7.48. The molecule has 544 valence electrons. The zero-order valence-corrected chi connectivity index (χ0v) is 77.6. The van der Waals surface area contributed by atoms with Crippen LogP contribution in [0, 0.1) is 51.4 Å². The standard InChI is InChI=1S/2C26H40GeN.C25H38GeN.C16H22GeN/c1-19-15-22(26(2,3)4)13-14-23(19)25-17-21(16-20-11-9-10-12-20)24(18-28(25)8)27(5,6)7;1-19(2)14-22-12-13-24(20(3)15-22)26-17-23(16-21-10-8-9-11-21)25(18-28(26)7)27(4,5)6;1-18(2)21-12-13-23(19(3)14-21)25-16-22(15-20-10-8-9-11-20)24(17-27(25)7)26(4,5)6;1-13-8-6-7-9-15(13)16-12-14(17(2,3)4)10-11-18(16)5/h13-15,17-18,20H,9-12,16H2,1-8H3;12-13,15,17-19,21H,8-11,14,16H2,1-7H3;12-14,16-18,20H,8-11,15H2,1-7H3;6-12H,1-5H3/q4*+1. The Kier molecular flexibility index (Phi) is 28.5. The topological polar surface area (TPSA) is 15.5 Å². The molecule has 0 unspecified atom stereocenters. The first-order chi connectivity index (χ1) is 47.2. The van der Waals surface area contributed by atoms with Gasteiger partial charge in [-0.05, 0) is 0 Å². The molecule has 4 nitrogen and oxygen atoms in total. The van der Waals surface area contributed by atoms with E-state index in [1.165, 1.54) is 180 Å². The van der Waals surface area contributed by atoms with E-state index in [1.807, 2.05) is 0 Å². The monoisotopic (exact) mass is 1610 g/mol. The Morgan fingerprint density at radius 2 is 0.752 bits per heavy atom. The van der Waals surface area contributed by atoms with Crippen LogP contribution in [0.15, 0.2) is 134 Å². The van der Waals surface area contributed by atoms with Gasteiger partial charge in [0.05, 0.1) is 0 Å². The Morgan fingerprint density at radius 1 is 0.386 bits per heavy atom.